The van der Waals surface area contributed by atoms with Crippen LogP contribution in [-0.4, -0.2) is 70.9 Å². The Balaban J connectivity index is 1.79. The van der Waals surface area contributed by atoms with Crippen molar-refractivity contribution in [3.8, 4) is 0 Å². The average Bonchev–Trinajstić information content (AvgIpc) is 3.19. The predicted molar refractivity (Wildman–Crippen MR) is 109 cm³/mol. The van der Waals surface area contributed by atoms with Crippen molar-refractivity contribution in [2.75, 3.05) is 26.0 Å². The maximum Gasteiger partial charge on any atom is 0.404 e. The van der Waals surface area contributed by atoms with E-state index < -0.39 is 28.9 Å². The molecule has 0 aliphatic carbocycles. The van der Waals surface area contributed by atoms with Crippen LogP contribution in [0.15, 0.2) is 28.8 Å². The summed E-state index contributed by atoms with van der Waals surface area (Å²) in [5.74, 6) is -1.78. The molecular weight excluding hydrogens is 434 g/mol. The fourth-order valence-electron chi connectivity index (χ4n) is 3.45. The number of ether oxygens (including phenoxy) is 2. The molecule has 2 aliphatic heterocycles. The van der Waals surface area contributed by atoms with E-state index in [0.29, 0.717) is 5.57 Å². The fraction of sp³-hybridized carbons (Fsp3) is 0.444. The van der Waals surface area contributed by atoms with E-state index in [1.807, 2.05) is 17.5 Å². The van der Waals surface area contributed by atoms with Crippen molar-refractivity contribution in [2.24, 2.45) is 5.73 Å². The van der Waals surface area contributed by atoms with Gasteiger partial charge in [0.2, 0.25) is 17.4 Å². The fourth-order valence-corrected chi connectivity index (χ4v) is 5.48. The van der Waals surface area contributed by atoms with Crippen LogP contribution in [0.3, 0.4) is 0 Å². The van der Waals surface area contributed by atoms with Crippen LogP contribution in [0.2, 0.25) is 0 Å². The smallest absolute Gasteiger partial charge is 0.404 e. The van der Waals surface area contributed by atoms with Gasteiger partial charge in [0.05, 0.1) is 18.3 Å². The minimum atomic E-state index is -1.53. The normalized spacial score (nSPS) is 23.7. The summed E-state index contributed by atoms with van der Waals surface area (Å²) in [6.45, 7) is -0.541. The van der Waals surface area contributed by atoms with Crippen molar-refractivity contribution >= 4 is 46.9 Å². The zero-order valence-corrected chi connectivity index (χ0v) is 17.7. The quantitative estimate of drug-likeness (QED) is 0.501. The average molecular weight is 456 g/mol. The van der Waals surface area contributed by atoms with Crippen LogP contribution in [-0.2, 0) is 30.3 Å². The number of aliphatic carboxylic acids is 1. The first-order valence-corrected chi connectivity index (χ1v) is 10.9. The molecule has 0 radical (unpaired) electrons. The lowest BCUT2D eigenvalue weighted by Crippen LogP contribution is -2.66. The molecular formula is C18H21N3O7S2. The van der Waals surface area contributed by atoms with Crippen LogP contribution in [0.5, 0.6) is 0 Å². The van der Waals surface area contributed by atoms with Crippen LogP contribution in [0, 0.1) is 0 Å². The molecule has 1 aromatic rings. The van der Waals surface area contributed by atoms with Crippen LogP contribution >= 0.6 is 23.1 Å². The third-order valence-electron chi connectivity index (χ3n) is 4.84. The standard InChI is InChI=1S/C18H21N3O7S2/c1-27-18(20-13(23)5-11-3-2-4-29-11)6-14-21(7-12(18)22)15(16(24)25)10(9-30-14)8-28-17(19)26/h2-4,14H,5-9H2,1H3,(H2,19,26)(H,20,23)(H,24,25)/t14-,18-/m1/s1. The molecule has 4 N–H and O–H groups in total. The predicted octanol–water partition coefficient (Wildman–Crippen LogP) is 0.531. The Kier molecular flexibility index (Phi) is 6.68. The Morgan fingerprint density at radius 2 is 2.20 bits per heavy atom. The molecule has 1 saturated heterocycles. The number of carboxylic acids is 1. The number of thioether (sulfide) groups is 1. The SMILES string of the molecule is CO[C@]1(NC(=O)Cc2cccs2)C[C@H]2SCC(COC(N)=O)=C(C(=O)O)N2CC1=O. The van der Waals surface area contributed by atoms with Crippen LogP contribution in [0.4, 0.5) is 4.79 Å². The van der Waals surface area contributed by atoms with Crippen molar-refractivity contribution in [1.82, 2.24) is 10.2 Å². The maximum absolute atomic E-state index is 13.0. The number of nitrogens with two attached hydrogens (primary N) is 1. The van der Waals surface area contributed by atoms with Crippen molar-refractivity contribution in [3.05, 3.63) is 33.7 Å². The number of piperidine rings is 1. The molecule has 0 saturated carbocycles. The van der Waals surface area contributed by atoms with Gasteiger partial charge in [0.25, 0.3) is 0 Å². The van der Waals surface area contributed by atoms with Gasteiger partial charge in [-0.3, -0.25) is 9.59 Å². The molecule has 1 fully saturated rings. The first-order valence-electron chi connectivity index (χ1n) is 8.93. The molecule has 3 rings (SSSR count). The molecule has 3 heterocycles. The number of methoxy groups -OCH3 is 1. The Morgan fingerprint density at radius 3 is 2.80 bits per heavy atom. The molecule has 10 nitrogen and oxygen atoms in total. The zero-order chi connectivity index (χ0) is 21.9. The number of rotatable bonds is 7. The second-order valence-corrected chi connectivity index (χ2v) is 8.92. The van der Waals surface area contributed by atoms with Crippen molar-refractivity contribution in [2.45, 2.75) is 23.9 Å². The van der Waals surface area contributed by atoms with Gasteiger partial charge in [-0.15, -0.1) is 23.1 Å². The lowest BCUT2D eigenvalue weighted by atomic mass is 9.96. The summed E-state index contributed by atoms with van der Waals surface area (Å²) in [4.78, 5) is 50.5. The Morgan fingerprint density at radius 1 is 1.43 bits per heavy atom. The van der Waals surface area contributed by atoms with Crippen molar-refractivity contribution in [3.63, 3.8) is 0 Å². The van der Waals surface area contributed by atoms with Gasteiger partial charge in [-0.05, 0) is 11.4 Å². The van der Waals surface area contributed by atoms with Crippen LogP contribution in [0.25, 0.3) is 0 Å². The molecule has 2 aliphatic rings. The molecule has 2 amide bonds. The van der Waals surface area contributed by atoms with Crippen LogP contribution < -0.4 is 11.1 Å². The lowest BCUT2D eigenvalue weighted by Gasteiger charge is -2.47. The highest BCUT2D eigenvalue weighted by molar-refractivity contribution is 8.00. The van der Waals surface area contributed by atoms with Gasteiger partial charge >= 0.3 is 12.1 Å². The minimum absolute atomic E-state index is 0.0733. The topological polar surface area (TPSA) is 148 Å². The number of nitrogens with zero attached hydrogens (tertiary/aromatic N) is 1. The summed E-state index contributed by atoms with van der Waals surface area (Å²) in [6.07, 6.45) is -0.822. The molecule has 0 spiro atoms. The van der Waals surface area contributed by atoms with Gasteiger partial charge in [-0.25, -0.2) is 9.59 Å². The molecule has 12 heteroatoms. The van der Waals surface area contributed by atoms with Gasteiger partial charge < -0.3 is 30.5 Å². The number of hydrogen-bond donors (Lipinski definition) is 3. The van der Waals surface area contributed by atoms with Crippen molar-refractivity contribution < 1.29 is 33.8 Å². The molecule has 162 valence electrons. The molecule has 2 atom stereocenters. The Hall–Kier alpha value is -2.57. The summed E-state index contributed by atoms with van der Waals surface area (Å²) in [5, 5.41) is 13.8. The monoisotopic (exact) mass is 455 g/mol. The Labute approximate surface area is 180 Å². The van der Waals surface area contributed by atoms with Gasteiger partial charge in [-0.2, -0.15) is 0 Å². The second kappa shape index (κ2) is 9.06. The number of carboxylic acid groups (broad SMARTS) is 1. The first-order chi connectivity index (χ1) is 14.3. The summed E-state index contributed by atoms with van der Waals surface area (Å²) < 4.78 is 10.2. The highest BCUT2D eigenvalue weighted by Crippen LogP contribution is 2.39. The van der Waals surface area contributed by atoms with E-state index in [9.17, 15) is 24.3 Å². The first kappa shape index (κ1) is 22.1. The maximum atomic E-state index is 13.0. The van der Waals surface area contributed by atoms with E-state index >= 15 is 0 Å². The third kappa shape index (κ3) is 4.60. The van der Waals surface area contributed by atoms with Gasteiger partial charge in [0, 0.05) is 29.7 Å². The second-order valence-electron chi connectivity index (χ2n) is 6.72. The van der Waals surface area contributed by atoms with Gasteiger partial charge in [0.15, 0.2) is 0 Å². The van der Waals surface area contributed by atoms with E-state index in [0.717, 1.165) is 4.88 Å². The summed E-state index contributed by atoms with van der Waals surface area (Å²) in [7, 11) is 1.34. The van der Waals surface area contributed by atoms with E-state index in [4.69, 9.17) is 15.2 Å². The summed E-state index contributed by atoms with van der Waals surface area (Å²) in [5.41, 5.74) is 3.69. The molecule has 0 bridgehead atoms. The number of primary amides is 1. The van der Waals surface area contributed by atoms with Gasteiger partial charge in [-0.1, -0.05) is 6.07 Å². The van der Waals surface area contributed by atoms with E-state index in [-0.39, 0.29) is 43.4 Å². The number of carbonyl (C=O) groups is 4. The van der Waals surface area contributed by atoms with Crippen LogP contribution in [0.1, 0.15) is 11.3 Å². The summed E-state index contributed by atoms with van der Waals surface area (Å²) >= 11 is 2.81. The zero-order valence-electron chi connectivity index (χ0n) is 16.1. The molecule has 0 aromatic carbocycles. The van der Waals surface area contributed by atoms with Crippen molar-refractivity contribution in [1.29, 1.82) is 0 Å². The number of carbonyl (C=O) groups excluding carboxylic acids is 3. The number of fused-ring (bicyclic) bond motifs is 1. The third-order valence-corrected chi connectivity index (χ3v) is 7.04. The molecule has 30 heavy (non-hydrogen) atoms. The highest BCUT2D eigenvalue weighted by Gasteiger charge is 2.51. The number of ketones is 1. The highest BCUT2D eigenvalue weighted by atomic mass is 32.2. The minimum Gasteiger partial charge on any atom is -0.477 e. The number of amides is 2. The molecule has 0 unspecified atom stereocenters. The lowest BCUT2D eigenvalue weighted by molar-refractivity contribution is -0.160. The van der Waals surface area contributed by atoms with E-state index in [1.54, 1.807) is 0 Å². The number of nitrogens with one attached hydrogen (secondary N) is 1. The Bertz CT molecular complexity index is 886. The van der Waals surface area contributed by atoms with E-state index in [1.165, 1.54) is 35.1 Å². The van der Waals surface area contributed by atoms with E-state index in [2.05, 4.69) is 5.32 Å². The number of hydrogen-bond acceptors (Lipinski definition) is 9. The number of Topliss-reactive ketones (excluding diaryl/α,β-unsaturated/α-hetero) is 1. The summed E-state index contributed by atoms with van der Waals surface area (Å²) in [6, 6.07) is 3.66. The number of thiophene rings is 1. The largest absolute Gasteiger partial charge is 0.477 e. The molecule has 1 aromatic heterocycles. The van der Waals surface area contributed by atoms with Gasteiger partial charge in [0.1, 0.15) is 12.3 Å².